The highest BCUT2D eigenvalue weighted by molar-refractivity contribution is 5.96. The molecule has 1 saturated heterocycles. The lowest BCUT2D eigenvalue weighted by atomic mass is 9.96. The molecule has 0 radical (unpaired) electrons. The maximum atomic E-state index is 13.9. The number of carbonyl (C=O) groups excluding carboxylic acids is 1. The van der Waals surface area contributed by atoms with E-state index < -0.39 is 29.3 Å². The molecule has 4 aromatic rings. The molecule has 6 rings (SSSR count). The van der Waals surface area contributed by atoms with Crippen molar-refractivity contribution < 1.29 is 23.0 Å². The standard InChI is InChI=1S/C30H25F2N3O4/c31-23-10-6-21(7-11-23)27(22-8-12-24(32)13-9-22)35-26-19-38-17-16-33(26)30(37)28-29(25(36)14-15-34(28)35)39-18-20-4-2-1-3-5-20/h1-15,26-27H,16-19H2/t26-/m1/s1. The van der Waals surface area contributed by atoms with E-state index in [1.807, 2.05) is 35.3 Å². The van der Waals surface area contributed by atoms with Gasteiger partial charge in [-0.3, -0.25) is 19.3 Å². The summed E-state index contributed by atoms with van der Waals surface area (Å²) in [6, 6.07) is 22.2. The molecule has 1 atom stereocenters. The minimum Gasteiger partial charge on any atom is -0.482 e. The van der Waals surface area contributed by atoms with Crippen molar-refractivity contribution >= 4 is 5.91 Å². The number of ether oxygens (including phenoxy) is 2. The first-order valence-corrected chi connectivity index (χ1v) is 12.6. The summed E-state index contributed by atoms with van der Waals surface area (Å²) in [5.74, 6) is -1.20. The molecule has 0 saturated carbocycles. The molecular formula is C30H25F2N3O4. The van der Waals surface area contributed by atoms with E-state index in [1.165, 1.54) is 36.5 Å². The van der Waals surface area contributed by atoms with E-state index in [9.17, 15) is 18.4 Å². The van der Waals surface area contributed by atoms with Gasteiger partial charge in [-0.05, 0) is 41.0 Å². The number of hydrogen-bond acceptors (Lipinski definition) is 5. The Bertz CT molecular complexity index is 1500. The SMILES string of the molecule is O=C1c2c(OCc3ccccc3)c(=O)ccn2N(C(c2ccc(F)cc2)c2ccc(F)cc2)[C@@H]2COCCN12. The van der Waals surface area contributed by atoms with Crippen molar-refractivity contribution in [3.63, 3.8) is 0 Å². The Labute approximate surface area is 223 Å². The first kappa shape index (κ1) is 24.8. The average molecular weight is 530 g/mol. The molecule has 198 valence electrons. The van der Waals surface area contributed by atoms with E-state index in [1.54, 1.807) is 33.8 Å². The molecule has 3 heterocycles. The lowest BCUT2D eigenvalue weighted by Crippen LogP contribution is -2.66. The average Bonchev–Trinajstić information content (AvgIpc) is 2.96. The second kappa shape index (κ2) is 10.3. The van der Waals surface area contributed by atoms with Gasteiger partial charge in [0.05, 0.1) is 19.3 Å². The molecule has 3 aromatic carbocycles. The first-order valence-electron chi connectivity index (χ1n) is 12.6. The van der Waals surface area contributed by atoms with E-state index in [4.69, 9.17) is 9.47 Å². The largest absolute Gasteiger partial charge is 0.482 e. The molecule has 9 heteroatoms. The fourth-order valence-electron chi connectivity index (χ4n) is 5.18. The second-order valence-electron chi connectivity index (χ2n) is 9.42. The Morgan fingerprint density at radius 1 is 0.872 bits per heavy atom. The van der Waals surface area contributed by atoms with Crippen LogP contribution in [0.25, 0.3) is 0 Å². The summed E-state index contributed by atoms with van der Waals surface area (Å²) >= 11 is 0. The second-order valence-corrected chi connectivity index (χ2v) is 9.42. The van der Waals surface area contributed by atoms with Crippen LogP contribution in [0.3, 0.4) is 0 Å². The van der Waals surface area contributed by atoms with Crippen molar-refractivity contribution in [2.24, 2.45) is 0 Å². The van der Waals surface area contributed by atoms with Gasteiger partial charge in [-0.2, -0.15) is 0 Å². The molecular weight excluding hydrogens is 504 g/mol. The highest BCUT2D eigenvalue weighted by Gasteiger charge is 2.45. The minimum absolute atomic E-state index is 0.0572. The van der Waals surface area contributed by atoms with Crippen molar-refractivity contribution in [2.45, 2.75) is 18.8 Å². The van der Waals surface area contributed by atoms with Gasteiger partial charge in [-0.25, -0.2) is 8.78 Å². The Balaban J connectivity index is 1.53. The number of carbonyl (C=O) groups is 1. The van der Waals surface area contributed by atoms with Gasteiger partial charge in [0.1, 0.15) is 24.4 Å². The number of rotatable bonds is 6. The van der Waals surface area contributed by atoms with Crippen LogP contribution in [-0.2, 0) is 11.3 Å². The molecule has 0 bridgehead atoms. The number of benzene rings is 3. The number of amides is 1. The van der Waals surface area contributed by atoms with Crippen molar-refractivity contribution in [2.75, 3.05) is 24.8 Å². The molecule has 0 spiro atoms. The maximum Gasteiger partial charge on any atom is 0.278 e. The molecule has 2 aliphatic heterocycles. The lowest BCUT2D eigenvalue weighted by Gasteiger charge is -2.51. The number of morpholine rings is 1. The van der Waals surface area contributed by atoms with Crippen molar-refractivity contribution in [3.8, 4) is 5.75 Å². The summed E-state index contributed by atoms with van der Waals surface area (Å²) in [7, 11) is 0. The third-order valence-corrected chi connectivity index (χ3v) is 7.02. The van der Waals surface area contributed by atoms with E-state index in [2.05, 4.69) is 0 Å². The fraction of sp³-hybridized carbons (Fsp3) is 0.200. The number of nitrogens with zero attached hydrogens (tertiary/aromatic N) is 3. The number of fused-ring (bicyclic) bond motifs is 2. The molecule has 0 aliphatic carbocycles. The summed E-state index contributed by atoms with van der Waals surface area (Å²) in [6.07, 6.45) is 0.986. The van der Waals surface area contributed by atoms with Crippen LogP contribution < -0.4 is 15.2 Å². The zero-order valence-electron chi connectivity index (χ0n) is 20.9. The van der Waals surface area contributed by atoms with Crippen LogP contribution in [0, 0.1) is 11.6 Å². The zero-order chi connectivity index (χ0) is 26.9. The Kier molecular flexibility index (Phi) is 6.58. The first-order chi connectivity index (χ1) is 19.0. The number of halogens is 2. The van der Waals surface area contributed by atoms with Crippen LogP contribution >= 0.6 is 0 Å². The van der Waals surface area contributed by atoms with Gasteiger partial charge in [-0.15, -0.1) is 0 Å². The third-order valence-electron chi connectivity index (χ3n) is 7.02. The fourth-order valence-corrected chi connectivity index (χ4v) is 5.18. The summed E-state index contributed by atoms with van der Waals surface area (Å²) in [4.78, 5) is 28.6. The zero-order valence-corrected chi connectivity index (χ0v) is 20.9. The summed E-state index contributed by atoms with van der Waals surface area (Å²) in [6.45, 7) is 0.953. The van der Waals surface area contributed by atoms with E-state index in [-0.39, 0.29) is 30.6 Å². The van der Waals surface area contributed by atoms with Crippen molar-refractivity contribution in [1.82, 2.24) is 9.58 Å². The van der Waals surface area contributed by atoms with Gasteiger partial charge in [0.25, 0.3) is 5.91 Å². The lowest BCUT2D eigenvalue weighted by molar-refractivity contribution is -0.0198. The molecule has 1 amide bonds. The van der Waals surface area contributed by atoms with Crippen LogP contribution in [0.1, 0.15) is 33.2 Å². The smallest absolute Gasteiger partial charge is 0.278 e. The van der Waals surface area contributed by atoms with Crippen LogP contribution in [0.2, 0.25) is 0 Å². The van der Waals surface area contributed by atoms with Gasteiger partial charge >= 0.3 is 0 Å². The predicted octanol–water partition coefficient (Wildman–Crippen LogP) is 4.25. The van der Waals surface area contributed by atoms with Gasteiger partial charge in [-0.1, -0.05) is 54.6 Å². The van der Waals surface area contributed by atoms with E-state index in [0.29, 0.717) is 24.3 Å². The van der Waals surface area contributed by atoms with Gasteiger partial charge in [0.15, 0.2) is 11.4 Å². The molecule has 1 fully saturated rings. The molecule has 2 aliphatic rings. The minimum atomic E-state index is -0.586. The van der Waals surface area contributed by atoms with Crippen molar-refractivity contribution in [1.29, 1.82) is 0 Å². The monoisotopic (exact) mass is 529 g/mol. The maximum absolute atomic E-state index is 13.9. The highest BCUT2D eigenvalue weighted by Crippen LogP contribution is 2.36. The van der Waals surface area contributed by atoms with Crippen LogP contribution in [-0.4, -0.2) is 41.4 Å². The van der Waals surface area contributed by atoms with E-state index in [0.717, 1.165) is 5.56 Å². The summed E-state index contributed by atoms with van der Waals surface area (Å²) < 4.78 is 41.3. The molecule has 0 unspecified atom stereocenters. The Hall–Kier alpha value is -4.50. The summed E-state index contributed by atoms with van der Waals surface area (Å²) in [5.41, 5.74) is 1.93. The normalized spacial score (nSPS) is 16.7. The quantitative estimate of drug-likeness (QED) is 0.374. The van der Waals surface area contributed by atoms with Crippen LogP contribution in [0.5, 0.6) is 5.75 Å². The third kappa shape index (κ3) is 4.66. The highest BCUT2D eigenvalue weighted by atomic mass is 19.1. The van der Waals surface area contributed by atoms with Gasteiger partial charge in [0, 0.05) is 18.8 Å². The molecule has 7 nitrogen and oxygen atoms in total. The van der Waals surface area contributed by atoms with Gasteiger partial charge in [0.2, 0.25) is 5.43 Å². The molecule has 1 aromatic heterocycles. The van der Waals surface area contributed by atoms with Crippen LogP contribution in [0.15, 0.2) is 95.9 Å². The number of pyridine rings is 1. The number of aromatic nitrogens is 1. The molecule has 0 N–H and O–H groups in total. The summed E-state index contributed by atoms with van der Waals surface area (Å²) in [5, 5.41) is 1.91. The Morgan fingerprint density at radius 3 is 2.15 bits per heavy atom. The molecule has 39 heavy (non-hydrogen) atoms. The van der Waals surface area contributed by atoms with Crippen molar-refractivity contribution in [3.05, 3.63) is 135 Å². The predicted molar refractivity (Wildman–Crippen MR) is 140 cm³/mol. The van der Waals surface area contributed by atoms with Gasteiger partial charge < -0.3 is 14.4 Å². The number of hydrogen-bond donors (Lipinski definition) is 0. The van der Waals surface area contributed by atoms with Crippen LogP contribution in [0.4, 0.5) is 8.78 Å². The Morgan fingerprint density at radius 2 is 1.51 bits per heavy atom. The topological polar surface area (TPSA) is 64.0 Å². The van der Waals surface area contributed by atoms with E-state index >= 15 is 0 Å².